The quantitative estimate of drug-likeness (QED) is 0.461. The molecule has 14 heteroatoms. The van der Waals surface area contributed by atoms with Crippen LogP contribution in [0.1, 0.15) is 54.7 Å². The number of nitrogens with one attached hydrogen (secondary N) is 1. The fourth-order valence-corrected chi connectivity index (χ4v) is 6.49. The third kappa shape index (κ3) is 6.60. The minimum atomic E-state index is -4.72. The minimum Gasteiger partial charge on any atom is -0.469 e. The van der Waals surface area contributed by atoms with Gasteiger partial charge in [0.2, 0.25) is 0 Å². The number of nitrogens with zero attached hydrogens (tertiary/aromatic N) is 3. The van der Waals surface area contributed by atoms with E-state index in [4.69, 9.17) is 0 Å². The van der Waals surface area contributed by atoms with Crippen molar-refractivity contribution in [3.05, 3.63) is 52.2 Å². The summed E-state index contributed by atoms with van der Waals surface area (Å²) in [5, 5.41) is 3.05. The number of sulfone groups is 1. The van der Waals surface area contributed by atoms with E-state index in [1.54, 1.807) is 11.5 Å². The molecule has 1 amide bonds. The summed E-state index contributed by atoms with van der Waals surface area (Å²) in [5.74, 6) is -4.88. The molecule has 2 aromatic heterocycles. The average molecular weight is 589 g/mol. The number of imidazole rings is 1. The lowest BCUT2D eigenvalue weighted by Crippen LogP contribution is -2.38. The number of amides is 1. The number of carbonyl (C=O) groups is 2. The first-order valence-corrected chi connectivity index (χ1v) is 14.5. The molecular formula is C25H31F3N4O5S2. The Kier molecular flexibility index (Phi) is 8.80. The maximum absolute atomic E-state index is 14.2. The van der Waals surface area contributed by atoms with Gasteiger partial charge in [-0.05, 0) is 12.5 Å². The Hall–Kier alpha value is -3.00. The van der Waals surface area contributed by atoms with E-state index in [0.29, 0.717) is 16.5 Å². The van der Waals surface area contributed by atoms with Crippen molar-refractivity contribution in [2.45, 2.75) is 63.5 Å². The lowest BCUT2D eigenvalue weighted by molar-refractivity contribution is -0.184. The second-order valence-electron chi connectivity index (χ2n) is 10.1. The molecule has 39 heavy (non-hydrogen) atoms. The van der Waals surface area contributed by atoms with Crippen LogP contribution in [0.25, 0.3) is 0 Å². The predicted octanol–water partition coefficient (Wildman–Crippen LogP) is 4.13. The van der Waals surface area contributed by atoms with Crippen LogP contribution in [0.15, 0.2) is 34.2 Å². The molecule has 2 heterocycles. The molecule has 0 aromatic carbocycles. The average Bonchev–Trinajstić information content (AvgIpc) is 3.46. The normalized spacial score (nSPS) is 18.1. The Morgan fingerprint density at radius 2 is 1.90 bits per heavy atom. The fraction of sp³-hybridized carbons (Fsp3) is 0.520. The van der Waals surface area contributed by atoms with Crippen LogP contribution < -0.4 is 5.32 Å². The molecule has 0 bridgehead atoms. The summed E-state index contributed by atoms with van der Waals surface area (Å²) in [6.07, 6.45) is 0.426. The van der Waals surface area contributed by atoms with Crippen molar-refractivity contribution in [1.29, 1.82) is 0 Å². The van der Waals surface area contributed by atoms with Gasteiger partial charge in [0.1, 0.15) is 20.7 Å². The summed E-state index contributed by atoms with van der Waals surface area (Å²) >= 11 is 0.951. The third-order valence-electron chi connectivity index (χ3n) is 6.28. The van der Waals surface area contributed by atoms with Crippen molar-refractivity contribution in [1.82, 2.24) is 19.9 Å². The molecule has 0 saturated heterocycles. The first-order chi connectivity index (χ1) is 18.0. The van der Waals surface area contributed by atoms with Crippen molar-refractivity contribution >= 4 is 33.1 Å². The minimum absolute atomic E-state index is 0.0258. The van der Waals surface area contributed by atoms with Crippen molar-refractivity contribution in [3.8, 4) is 0 Å². The molecule has 0 radical (unpaired) electrons. The topological polar surface area (TPSA) is 120 Å². The molecule has 1 aliphatic carbocycles. The van der Waals surface area contributed by atoms with Gasteiger partial charge >= 0.3 is 12.1 Å². The first kappa shape index (κ1) is 30.5. The van der Waals surface area contributed by atoms with E-state index in [0.717, 1.165) is 18.4 Å². The molecule has 2 atom stereocenters. The zero-order chi connectivity index (χ0) is 29.3. The van der Waals surface area contributed by atoms with Crippen LogP contribution in [0.5, 0.6) is 0 Å². The van der Waals surface area contributed by atoms with Gasteiger partial charge in [-0.2, -0.15) is 13.2 Å². The summed E-state index contributed by atoms with van der Waals surface area (Å²) in [4.78, 5) is 33.8. The fourth-order valence-electron chi connectivity index (χ4n) is 4.26. The molecule has 1 aliphatic rings. The van der Waals surface area contributed by atoms with E-state index < -0.39 is 45.1 Å². The smallest absolute Gasteiger partial charge is 0.396 e. The van der Waals surface area contributed by atoms with E-state index >= 15 is 0 Å². The van der Waals surface area contributed by atoms with Crippen molar-refractivity contribution in [3.63, 3.8) is 0 Å². The maximum Gasteiger partial charge on any atom is 0.396 e. The van der Waals surface area contributed by atoms with Gasteiger partial charge in [-0.1, -0.05) is 45.9 Å². The van der Waals surface area contributed by atoms with Crippen LogP contribution in [0.4, 0.5) is 13.2 Å². The number of ether oxygens (including phenoxy) is 1. The molecule has 0 saturated carbocycles. The van der Waals surface area contributed by atoms with E-state index in [9.17, 15) is 31.2 Å². The van der Waals surface area contributed by atoms with Crippen LogP contribution >= 0.6 is 11.3 Å². The van der Waals surface area contributed by atoms with Gasteiger partial charge in [0.15, 0.2) is 9.84 Å². The molecule has 9 nitrogen and oxygen atoms in total. The highest BCUT2D eigenvalue weighted by atomic mass is 32.2. The van der Waals surface area contributed by atoms with E-state index in [2.05, 4.69) is 20.0 Å². The molecule has 0 spiro atoms. The Morgan fingerprint density at radius 3 is 2.46 bits per heavy atom. The van der Waals surface area contributed by atoms with Crippen LogP contribution in [0.3, 0.4) is 0 Å². The van der Waals surface area contributed by atoms with Gasteiger partial charge in [0.05, 0.1) is 37.4 Å². The lowest BCUT2D eigenvalue weighted by Gasteiger charge is -2.31. The zero-order valence-electron chi connectivity index (χ0n) is 22.4. The number of halogens is 3. The van der Waals surface area contributed by atoms with E-state index in [1.165, 1.54) is 31.3 Å². The lowest BCUT2D eigenvalue weighted by atomic mass is 9.81. The number of rotatable bonds is 8. The number of hydrogen-bond acceptors (Lipinski definition) is 8. The van der Waals surface area contributed by atoms with Crippen molar-refractivity contribution in [2.75, 3.05) is 12.9 Å². The van der Waals surface area contributed by atoms with Crippen molar-refractivity contribution < 1.29 is 35.9 Å². The molecule has 2 aromatic rings. The molecule has 0 fully saturated rings. The van der Waals surface area contributed by atoms with Gasteiger partial charge in [0.25, 0.3) is 5.91 Å². The van der Waals surface area contributed by atoms with Gasteiger partial charge < -0.3 is 14.6 Å². The molecule has 0 aliphatic heterocycles. The molecule has 1 N–H and O–H groups in total. The second kappa shape index (κ2) is 11.2. The predicted molar refractivity (Wildman–Crippen MR) is 139 cm³/mol. The summed E-state index contributed by atoms with van der Waals surface area (Å²) in [7, 11) is -2.38. The summed E-state index contributed by atoms with van der Waals surface area (Å²) in [6.45, 7) is 8.29. The summed E-state index contributed by atoms with van der Waals surface area (Å²) in [5.41, 5.74) is -0.330. The highest BCUT2D eigenvalue weighted by Gasteiger charge is 2.50. The molecular weight excluding hydrogens is 557 g/mol. The Balaban J connectivity index is 1.93. The molecule has 3 rings (SSSR count). The number of esters is 1. The number of carbonyl (C=O) groups excluding carboxylic acids is 2. The molecule has 214 valence electrons. The SMILES string of the molecule is CCS(=O)(=O)c1cnc(CNC(=O)c2nc(C(C)(C)C)n(CC3=CC=CC(C(=O)OC)C3C(F)(F)F)c2C)s1. The second-order valence-corrected chi connectivity index (χ2v) is 13.7. The summed E-state index contributed by atoms with van der Waals surface area (Å²) in [6, 6.07) is 0. The number of aromatic nitrogens is 3. The van der Waals surface area contributed by atoms with Crippen LogP contribution in [-0.2, 0) is 37.9 Å². The number of hydrogen-bond donors (Lipinski definition) is 1. The van der Waals surface area contributed by atoms with Crippen LogP contribution in [-0.4, -0.2) is 53.9 Å². The monoisotopic (exact) mass is 588 g/mol. The molecule has 2 unspecified atom stereocenters. The number of alkyl halides is 3. The third-order valence-corrected chi connectivity index (χ3v) is 9.56. The van der Waals surface area contributed by atoms with Gasteiger partial charge in [-0.3, -0.25) is 9.59 Å². The standard InChI is InChI=1S/C25H31F3N4O5S2/c1-7-39(35,36)18-12-29-17(38-18)11-30-21(33)20-14(2)32(23(31-20)24(3,4)5)13-15-9-8-10-16(22(34)37-6)19(15)25(26,27)28/h8-10,12,16,19H,7,11,13H2,1-6H3,(H,30,33). The maximum atomic E-state index is 14.2. The highest BCUT2D eigenvalue weighted by Crippen LogP contribution is 2.42. The van der Waals surface area contributed by atoms with E-state index in [-0.39, 0.29) is 34.3 Å². The highest BCUT2D eigenvalue weighted by molar-refractivity contribution is 7.93. The van der Waals surface area contributed by atoms with Gasteiger partial charge in [0, 0.05) is 17.7 Å². The van der Waals surface area contributed by atoms with Crippen molar-refractivity contribution in [2.24, 2.45) is 11.8 Å². The van der Waals surface area contributed by atoms with Crippen LogP contribution in [0.2, 0.25) is 0 Å². The Labute approximate surface area is 229 Å². The summed E-state index contributed by atoms with van der Waals surface area (Å²) < 4.78 is 72.8. The Bertz CT molecular complexity index is 1420. The largest absolute Gasteiger partial charge is 0.469 e. The number of thiazole rings is 1. The van der Waals surface area contributed by atoms with E-state index in [1.807, 2.05) is 20.8 Å². The van der Waals surface area contributed by atoms with Gasteiger partial charge in [-0.15, -0.1) is 11.3 Å². The zero-order valence-corrected chi connectivity index (χ0v) is 24.1. The number of allylic oxidation sites excluding steroid dienone is 3. The Morgan fingerprint density at radius 1 is 1.23 bits per heavy atom. The van der Waals surface area contributed by atoms with Crippen LogP contribution in [0, 0.1) is 18.8 Å². The number of methoxy groups -OCH3 is 1. The first-order valence-electron chi connectivity index (χ1n) is 12.1. The van der Waals surface area contributed by atoms with Gasteiger partial charge in [-0.25, -0.2) is 18.4 Å².